The molecular formula is C24H36N2O5. The van der Waals surface area contributed by atoms with Crippen LogP contribution in [0, 0.1) is 28.6 Å². The molecule has 0 radical (unpaired) electrons. The van der Waals surface area contributed by atoms with Crippen LogP contribution in [0.15, 0.2) is 29.0 Å². The van der Waals surface area contributed by atoms with E-state index >= 15 is 0 Å². The molecule has 0 amide bonds. The molecule has 7 nitrogen and oxygen atoms in total. The average Bonchev–Trinajstić information content (AvgIpc) is 3.04. The largest absolute Gasteiger partial charge is 0.452 e. The van der Waals surface area contributed by atoms with Crippen molar-refractivity contribution in [2.75, 3.05) is 0 Å². The Kier molecular flexibility index (Phi) is 5.59. The second-order valence-electron chi connectivity index (χ2n) is 10.4. The lowest BCUT2D eigenvalue weighted by Gasteiger charge is -2.60. The second-order valence-corrected chi connectivity index (χ2v) is 10.4. The van der Waals surface area contributed by atoms with Gasteiger partial charge in [0.1, 0.15) is 0 Å². The summed E-state index contributed by atoms with van der Waals surface area (Å²) in [6.45, 7) is 7.80. The number of ether oxygens (including phenoxy) is 1. The van der Waals surface area contributed by atoms with Gasteiger partial charge in [0.15, 0.2) is 5.60 Å². The third-order valence-electron chi connectivity index (χ3n) is 9.20. The minimum Gasteiger partial charge on any atom is -0.452 e. The highest BCUT2D eigenvalue weighted by atomic mass is 16.6. The van der Waals surface area contributed by atoms with Crippen LogP contribution in [0.1, 0.15) is 66.2 Å². The molecule has 1 unspecified atom stereocenters. The van der Waals surface area contributed by atoms with E-state index in [2.05, 4.69) is 36.6 Å². The van der Waals surface area contributed by atoms with Gasteiger partial charge in [0.05, 0.1) is 17.9 Å². The molecule has 0 aromatic heterocycles. The molecule has 4 N–H and O–H groups in total. The number of aliphatic hydroxyl groups excluding tert-OH is 1. The Labute approximate surface area is 184 Å². The number of hydroxylamine groups is 1. The third kappa shape index (κ3) is 3.04. The van der Waals surface area contributed by atoms with E-state index < -0.39 is 17.1 Å². The minimum absolute atomic E-state index is 0.0607. The number of nitrogens with one attached hydrogen (secondary N) is 1. The maximum Gasteiger partial charge on any atom is 0.306 e. The van der Waals surface area contributed by atoms with E-state index in [-0.39, 0.29) is 41.6 Å². The molecular weight excluding hydrogens is 396 g/mol. The Morgan fingerprint density at radius 3 is 2.74 bits per heavy atom. The molecule has 0 aromatic rings. The summed E-state index contributed by atoms with van der Waals surface area (Å²) in [5.41, 5.74) is 2.25. The minimum atomic E-state index is -0.989. The zero-order valence-corrected chi connectivity index (χ0v) is 19.0. The van der Waals surface area contributed by atoms with Gasteiger partial charge in [0.2, 0.25) is 0 Å². The Morgan fingerprint density at radius 2 is 2.10 bits per heavy atom. The maximum absolute atomic E-state index is 12.4. The number of rotatable bonds is 4. The molecule has 0 aromatic carbocycles. The molecule has 0 saturated heterocycles. The van der Waals surface area contributed by atoms with Gasteiger partial charge in [-0.3, -0.25) is 4.79 Å². The predicted molar refractivity (Wildman–Crippen MR) is 116 cm³/mol. The summed E-state index contributed by atoms with van der Waals surface area (Å²) in [7, 11) is 0. The highest BCUT2D eigenvalue weighted by Gasteiger charge is 2.69. The van der Waals surface area contributed by atoms with Gasteiger partial charge >= 0.3 is 5.97 Å². The maximum atomic E-state index is 12.4. The number of carbonyl (C=O) groups excluding carboxylic acids is 1. The summed E-state index contributed by atoms with van der Waals surface area (Å²) in [6, 6.07) is -0.193. The lowest BCUT2D eigenvalue weighted by atomic mass is 9.46. The van der Waals surface area contributed by atoms with Crippen molar-refractivity contribution in [1.29, 1.82) is 0 Å². The number of hydrogen-bond acceptors (Lipinski definition) is 7. The molecule has 0 spiro atoms. The van der Waals surface area contributed by atoms with Gasteiger partial charge in [-0.05, 0) is 50.9 Å². The van der Waals surface area contributed by atoms with Crippen LogP contribution in [0.5, 0.6) is 0 Å². The zero-order valence-electron chi connectivity index (χ0n) is 19.0. The van der Waals surface area contributed by atoms with Crippen molar-refractivity contribution < 1.29 is 25.1 Å². The Bertz CT molecular complexity index is 838. The van der Waals surface area contributed by atoms with E-state index in [4.69, 9.17) is 4.74 Å². The van der Waals surface area contributed by atoms with Crippen LogP contribution in [0.25, 0.3) is 0 Å². The smallest absolute Gasteiger partial charge is 0.306 e. The van der Waals surface area contributed by atoms with Crippen LogP contribution < -0.4 is 5.48 Å². The number of esters is 1. The lowest BCUT2D eigenvalue weighted by Crippen LogP contribution is -2.62. The van der Waals surface area contributed by atoms with Crippen molar-refractivity contribution in [2.45, 2.75) is 84.0 Å². The molecule has 0 bridgehead atoms. The topological polar surface area (TPSA) is 111 Å². The van der Waals surface area contributed by atoms with Gasteiger partial charge in [0.25, 0.3) is 0 Å². The van der Waals surface area contributed by atoms with E-state index in [1.54, 1.807) is 13.8 Å². The highest BCUT2D eigenvalue weighted by molar-refractivity contribution is 5.93. The first-order valence-electron chi connectivity index (χ1n) is 11.6. The van der Waals surface area contributed by atoms with E-state index in [0.717, 1.165) is 19.3 Å². The molecule has 172 valence electrons. The van der Waals surface area contributed by atoms with Crippen molar-refractivity contribution in [1.82, 2.24) is 5.48 Å². The van der Waals surface area contributed by atoms with Gasteiger partial charge in [-0.1, -0.05) is 49.7 Å². The zero-order chi connectivity index (χ0) is 22.6. The number of carbonyl (C=O) groups is 1. The standard InChI is InChI=1S/C24H36N2O5/c1-5-20(28)31-24(14(2)25-29)11-9-18-17-7-6-15-12-16(26-30)8-10-22(15,3)21(17)19(27)13-23(18,24)4/h8,10,12,16-19,21,26-27,29-30H,5-7,9,11,13H2,1-4H3/b25-14+/t16?,17-,18-,19-,21+,22-,23-,24-/m0/s1. The van der Waals surface area contributed by atoms with Crippen molar-refractivity contribution in [2.24, 2.45) is 33.7 Å². The summed E-state index contributed by atoms with van der Waals surface area (Å²) in [5, 5.41) is 34.1. The molecule has 0 aliphatic heterocycles. The number of fused-ring (bicyclic) bond motifs is 5. The summed E-state index contributed by atoms with van der Waals surface area (Å²) < 4.78 is 6.06. The fourth-order valence-electron chi connectivity index (χ4n) is 7.71. The number of oxime groups is 1. The quantitative estimate of drug-likeness (QED) is 0.178. The van der Waals surface area contributed by atoms with Crippen molar-refractivity contribution in [3.8, 4) is 0 Å². The van der Waals surface area contributed by atoms with E-state index in [9.17, 15) is 20.3 Å². The predicted octanol–water partition coefficient (Wildman–Crippen LogP) is 3.59. The molecule has 8 atom stereocenters. The fraction of sp³-hybridized carbons (Fsp3) is 0.750. The number of hydrogen-bond donors (Lipinski definition) is 4. The molecule has 0 heterocycles. The summed E-state index contributed by atoms with van der Waals surface area (Å²) in [6.07, 6.45) is 9.71. The highest BCUT2D eigenvalue weighted by Crippen LogP contribution is 2.68. The molecule has 4 aliphatic carbocycles. The van der Waals surface area contributed by atoms with Crippen molar-refractivity contribution >= 4 is 11.7 Å². The van der Waals surface area contributed by atoms with Gasteiger partial charge in [-0.25, -0.2) is 0 Å². The Morgan fingerprint density at radius 1 is 1.35 bits per heavy atom. The Balaban J connectivity index is 1.74. The SMILES string of the molecule is CCC(=O)O[C@]1(/C(C)=N/O)CC[C@H]2[C@@H]3CCC4=CC(NO)C=C[C@]4(C)[C@H]3[C@@H](O)C[C@@]21C. The summed E-state index contributed by atoms with van der Waals surface area (Å²) in [5.74, 6) is 0.279. The van der Waals surface area contributed by atoms with E-state index in [1.807, 2.05) is 6.08 Å². The van der Waals surface area contributed by atoms with E-state index in [0.29, 0.717) is 18.6 Å². The van der Waals surface area contributed by atoms with Crippen molar-refractivity contribution in [3.05, 3.63) is 23.8 Å². The van der Waals surface area contributed by atoms with Gasteiger partial charge in [-0.2, -0.15) is 5.48 Å². The summed E-state index contributed by atoms with van der Waals surface area (Å²) >= 11 is 0. The van der Waals surface area contributed by atoms with Crippen LogP contribution in [-0.4, -0.2) is 44.9 Å². The van der Waals surface area contributed by atoms with E-state index in [1.165, 1.54) is 5.57 Å². The normalized spacial score (nSPS) is 46.6. The van der Waals surface area contributed by atoms with Crippen LogP contribution in [0.2, 0.25) is 0 Å². The molecule has 4 aliphatic rings. The second kappa shape index (κ2) is 7.71. The van der Waals surface area contributed by atoms with Gasteiger partial charge < -0.3 is 20.3 Å². The first-order valence-corrected chi connectivity index (χ1v) is 11.6. The fourth-order valence-corrected chi connectivity index (χ4v) is 7.71. The number of nitrogens with zero attached hydrogens (tertiary/aromatic N) is 1. The van der Waals surface area contributed by atoms with Gasteiger partial charge in [-0.15, -0.1) is 0 Å². The molecule has 4 rings (SSSR count). The van der Waals surface area contributed by atoms with Crippen LogP contribution >= 0.6 is 0 Å². The van der Waals surface area contributed by atoms with Crippen molar-refractivity contribution in [3.63, 3.8) is 0 Å². The van der Waals surface area contributed by atoms with Crippen LogP contribution in [0.3, 0.4) is 0 Å². The molecule has 3 saturated carbocycles. The molecule has 31 heavy (non-hydrogen) atoms. The monoisotopic (exact) mass is 432 g/mol. The lowest BCUT2D eigenvalue weighted by molar-refractivity contribution is -0.179. The van der Waals surface area contributed by atoms with Crippen LogP contribution in [0.4, 0.5) is 0 Å². The number of allylic oxidation sites excluding steroid dienone is 2. The van der Waals surface area contributed by atoms with Gasteiger partial charge in [0, 0.05) is 23.2 Å². The molecule has 7 heteroatoms. The molecule has 3 fully saturated rings. The van der Waals surface area contributed by atoms with Crippen LogP contribution in [-0.2, 0) is 9.53 Å². The average molecular weight is 433 g/mol. The first kappa shape index (κ1) is 22.5. The Hall–Kier alpha value is -1.70. The number of aliphatic hydroxyl groups is 1. The summed E-state index contributed by atoms with van der Waals surface area (Å²) in [4.78, 5) is 12.4. The first-order chi connectivity index (χ1) is 14.7. The third-order valence-corrected chi connectivity index (χ3v) is 9.20.